The first-order valence-electron chi connectivity index (χ1n) is 5.00. The van der Waals surface area contributed by atoms with Gasteiger partial charge in [0.05, 0.1) is 12.0 Å². The van der Waals surface area contributed by atoms with Crippen molar-refractivity contribution >= 4 is 17.6 Å². The molecule has 1 rings (SSSR count). The Labute approximate surface area is 88.4 Å². The van der Waals surface area contributed by atoms with Gasteiger partial charge < -0.3 is 5.73 Å². The lowest BCUT2D eigenvalue weighted by molar-refractivity contribution is -0.134. The summed E-state index contributed by atoms with van der Waals surface area (Å²) in [6.07, 6.45) is 0. The van der Waals surface area contributed by atoms with Crippen LogP contribution in [0.3, 0.4) is 0 Å². The minimum atomic E-state index is -0.908. The molecule has 2 amide bonds. The zero-order chi connectivity index (χ0) is 11.7. The second-order valence-electron chi connectivity index (χ2n) is 4.29. The second-order valence-corrected chi connectivity index (χ2v) is 4.29. The molecule has 1 aliphatic rings. The fourth-order valence-corrected chi connectivity index (χ4v) is 1.60. The van der Waals surface area contributed by atoms with Gasteiger partial charge in [0.1, 0.15) is 5.92 Å². The number of amides is 2. The molecule has 5 heteroatoms. The highest BCUT2D eigenvalue weighted by molar-refractivity contribution is 6.16. The molecule has 3 N–H and O–H groups in total. The first kappa shape index (κ1) is 11.8. The monoisotopic (exact) mass is 212 g/mol. The van der Waals surface area contributed by atoms with Crippen molar-refractivity contribution in [1.82, 2.24) is 5.32 Å². The van der Waals surface area contributed by atoms with Crippen LogP contribution in [0.5, 0.6) is 0 Å². The van der Waals surface area contributed by atoms with E-state index < -0.39 is 29.7 Å². The smallest absolute Gasteiger partial charge is 0.238 e. The summed E-state index contributed by atoms with van der Waals surface area (Å²) in [5.41, 5.74) is 5.67. The van der Waals surface area contributed by atoms with Gasteiger partial charge in [-0.2, -0.15) is 0 Å². The number of carbonyl (C=O) groups excluding carboxylic acids is 3. The Hall–Kier alpha value is -1.23. The Kier molecular flexibility index (Phi) is 3.24. The minimum Gasteiger partial charge on any atom is -0.321 e. The normalized spacial score (nSPS) is 28.1. The summed E-state index contributed by atoms with van der Waals surface area (Å²) in [7, 11) is 0. The lowest BCUT2D eigenvalue weighted by Gasteiger charge is -2.18. The highest BCUT2D eigenvalue weighted by Gasteiger charge is 2.44. The lowest BCUT2D eigenvalue weighted by atomic mass is 9.85. The van der Waals surface area contributed by atoms with Crippen molar-refractivity contribution in [3.8, 4) is 0 Å². The van der Waals surface area contributed by atoms with Crippen molar-refractivity contribution < 1.29 is 14.4 Å². The third-order valence-corrected chi connectivity index (χ3v) is 2.80. The molecular formula is C10H16N2O3. The molecular weight excluding hydrogens is 196 g/mol. The topological polar surface area (TPSA) is 89.3 Å². The molecule has 15 heavy (non-hydrogen) atoms. The Morgan fingerprint density at radius 2 is 1.87 bits per heavy atom. The number of hydrogen-bond acceptors (Lipinski definition) is 4. The highest BCUT2D eigenvalue weighted by atomic mass is 16.2. The Balaban J connectivity index is 2.84. The average molecular weight is 212 g/mol. The van der Waals surface area contributed by atoms with Crippen LogP contribution < -0.4 is 11.1 Å². The molecule has 0 saturated carbocycles. The van der Waals surface area contributed by atoms with E-state index in [9.17, 15) is 14.4 Å². The quantitative estimate of drug-likeness (QED) is 0.485. The third kappa shape index (κ3) is 2.07. The first-order chi connectivity index (χ1) is 6.86. The summed E-state index contributed by atoms with van der Waals surface area (Å²) >= 11 is 0. The van der Waals surface area contributed by atoms with Gasteiger partial charge in [-0.25, -0.2) is 0 Å². The van der Waals surface area contributed by atoms with Crippen LogP contribution in [0.4, 0.5) is 0 Å². The maximum Gasteiger partial charge on any atom is 0.238 e. The van der Waals surface area contributed by atoms with Gasteiger partial charge in [-0.05, 0) is 5.92 Å². The lowest BCUT2D eigenvalue weighted by Crippen LogP contribution is -2.43. The van der Waals surface area contributed by atoms with Gasteiger partial charge in [-0.15, -0.1) is 0 Å². The molecule has 0 aromatic rings. The standard InChI is InChI=1S/C10H16N2O3/c1-4(2)7(11)8(13)6-5(3)9(14)12-10(6)15/h4-7H,11H2,1-3H3,(H,12,14,15)/t5-,6-,7-/m0/s1. The largest absolute Gasteiger partial charge is 0.321 e. The molecule has 1 aliphatic heterocycles. The fraction of sp³-hybridized carbons (Fsp3) is 0.700. The van der Waals surface area contributed by atoms with Crippen LogP contribution in [-0.2, 0) is 14.4 Å². The van der Waals surface area contributed by atoms with Gasteiger partial charge in [0.15, 0.2) is 5.78 Å². The molecule has 0 aromatic heterocycles. The maximum atomic E-state index is 11.8. The van der Waals surface area contributed by atoms with Crippen molar-refractivity contribution in [2.75, 3.05) is 0 Å². The van der Waals surface area contributed by atoms with E-state index in [0.29, 0.717) is 0 Å². The average Bonchev–Trinajstić information content (AvgIpc) is 2.39. The van der Waals surface area contributed by atoms with Crippen LogP contribution >= 0.6 is 0 Å². The van der Waals surface area contributed by atoms with E-state index in [0.717, 1.165) is 0 Å². The van der Waals surface area contributed by atoms with Gasteiger partial charge in [-0.1, -0.05) is 20.8 Å². The summed E-state index contributed by atoms with van der Waals surface area (Å²) in [6, 6.07) is -0.686. The zero-order valence-electron chi connectivity index (χ0n) is 9.11. The number of rotatable bonds is 3. The van der Waals surface area contributed by atoms with Crippen LogP contribution in [0.2, 0.25) is 0 Å². The van der Waals surface area contributed by atoms with Gasteiger partial charge in [-0.3, -0.25) is 19.7 Å². The van der Waals surface area contributed by atoms with Gasteiger partial charge in [0, 0.05) is 0 Å². The summed E-state index contributed by atoms with van der Waals surface area (Å²) in [6.45, 7) is 5.18. The molecule has 1 fully saturated rings. The van der Waals surface area contributed by atoms with Crippen molar-refractivity contribution in [1.29, 1.82) is 0 Å². The molecule has 1 heterocycles. The number of nitrogens with two attached hydrogens (primary N) is 1. The van der Waals surface area contributed by atoms with Crippen molar-refractivity contribution in [3.05, 3.63) is 0 Å². The molecule has 0 spiro atoms. The SMILES string of the molecule is CC(C)[C@H](N)C(=O)[C@H]1C(=O)NC(=O)[C@H]1C. The van der Waals surface area contributed by atoms with Crippen molar-refractivity contribution in [2.24, 2.45) is 23.5 Å². The number of imide groups is 1. The van der Waals surface area contributed by atoms with E-state index in [4.69, 9.17) is 5.73 Å². The van der Waals surface area contributed by atoms with Crippen LogP contribution in [0.1, 0.15) is 20.8 Å². The Bertz CT molecular complexity index is 312. The fourth-order valence-electron chi connectivity index (χ4n) is 1.60. The molecule has 0 aliphatic carbocycles. The Morgan fingerprint density at radius 3 is 2.20 bits per heavy atom. The number of Topliss-reactive ketones (excluding diaryl/α,β-unsaturated/α-hetero) is 1. The molecule has 0 aromatic carbocycles. The summed E-state index contributed by atoms with van der Waals surface area (Å²) in [4.78, 5) is 34.3. The summed E-state index contributed by atoms with van der Waals surface area (Å²) < 4.78 is 0. The van der Waals surface area contributed by atoms with Gasteiger partial charge >= 0.3 is 0 Å². The maximum absolute atomic E-state index is 11.8. The number of carbonyl (C=O) groups is 3. The van der Waals surface area contributed by atoms with Crippen LogP contribution in [0.15, 0.2) is 0 Å². The van der Waals surface area contributed by atoms with Crippen molar-refractivity contribution in [3.63, 3.8) is 0 Å². The minimum absolute atomic E-state index is 0.0341. The van der Waals surface area contributed by atoms with Gasteiger partial charge in [0.25, 0.3) is 0 Å². The molecule has 3 atom stereocenters. The van der Waals surface area contributed by atoms with Gasteiger partial charge in [0.2, 0.25) is 11.8 Å². The van der Waals surface area contributed by atoms with E-state index >= 15 is 0 Å². The van der Waals surface area contributed by atoms with Crippen molar-refractivity contribution in [2.45, 2.75) is 26.8 Å². The predicted octanol–water partition coefficient (Wildman–Crippen LogP) is -0.552. The third-order valence-electron chi connectivity index (χ3n) is 2.80. The van der Waals surface area contributed by atoms with Crippen LogP contribution in [0.25, 0.3) is 0 Å². The summed E-state index contributed by atoms with van der Waals surface area (Å²) in [5, 5.41) is 2.14. The van der Waals surface area contributed by atoms with Crippen LogP contribution in [-0.4, -0.2) is 23.6 Å². The molecule has 1 saturated heterocycles. The molecule has 0 radical (unpaired) electrons. The van der Waals surface area contributed by atoms with E-state index in [1.54, 1.807) is 6.92 Å². The summed E-state index contributed by atoms with van der Waals surface area (Å²) in [5.74, 6) is -2.80. The molecule has 0 unspecified atom stereocenters. The van der Waals surface area contributed by atoms with Crippen LogP contribution in [0, 0.1) is 17.8 Å². The number of nitrogens with one attached hydrogen (secondary N) is 1. The van der Waals surface area contributed by atoms with E-state index in [-0.39, 0.29) is 11.7 Å². The predicted molar refractivity (Wildman–Crippen MR) is 53.6 cm³/mol. The molecule has 0 bridgehead atoms. The van der Waals surface area contributed by atoms with E-state index in [2.05, 4.69) is 5.32 Å². The van der Waals surface area contributed by atoms with E-state index in [1.165, 1.54) is 0 Å². The number of hydrogen-bond donors (Lipinski definition) is 2. The first-order valence-corrected chi connectivity index (χ1v) is 5.00. The van der Waals surface area contributed by atoms with E-state index in [1.807, 2.05) is 13.8 Å². The highest BCUT2D eigenvalue weighted by Crippen LogP contribution is 2.22. The molecule has 5 nitrogen and oxygen atoms in total. The number of ketones is 1. The molecule has 84 valence electrons. The Morgan fingerprint density at radius 1 is 1.33 bits per heavy atom. The zero-order valence-corrected chi connectivity index (χ0v) is 9.11. The second kappa shape index (κ2) is 4.10.